The van der Waals surface area contributed by atoms with Gasteiger partial charge in [-0.3, -0.25) is 9.89 Å². The van der Waals surface area contributed by atoms with Crippen LogP contribution in [0, 0.1) is 0 Å². The fourth-order valence-electron chi connectivity index (χ4n) is 3.05. The molecule has 21 heavy (non-hydrogen) atoms. The summed E-state index contributed by atoms with van der Waals surface area (Å²) in [7, 11) is 1.86. The highest BCUT2D eigenvalue weighted by atomic mass is 127. The van der Waals surface area contributed by atoms with Crippen LogP contribution in [0.4, 0.5) is 0 Å². The smallest absolute Gasteiger partial charge is 0.191 e. The normalized spacial score (nSPS) is 17.2. The van der Waals surface area contributed by atoms with Gasteiger partial charge in [0.25, 0.3) is 0 Å². The van der Waals surface area contributed by atoms with Gasteiger partial charge in [-0.25, -0.2) is 0 Å². The molecule has 1 aliphatic carbocycles. The van der Waals surface area contributed by atoms with Crippen LogP contribution in [0.25, 0.3) is 0 Å². The van der Waals surface area contributed by atoms with E-state index < -0.39 is 0 Å². The molecule has 4 nitrogen and oxygen atoms in total. The summed E-state index contributed by atoms with van der Waals surface area (Å²) in [5, 5.41) is 7.01. The van der Waals surface area contributed by atoms with Gasteiger partial charge in [-0.15, -0.1) is 24.0 Å². The van der Waals surface area contributed by atoms with Crippen molar-refractivity contribution >= 4 is 29.9 Å². The highest BCUT2D eigenvalue weighted by Gasteiger charge is 2.15. The van der Waals surface area contributed by atoms with Crippen molar-refractivity contribution < 1.29 is 0 Å². The zero-order chi connectivity index (χ0) is 15.0. The highest BCUT2D eigenvalue weighted by Crippen LogP contribution is 2.17. The van der Waals surface area contributed by atoms with E-state index in [0.717, 1.165) is 19.0 Å². The van der Waals surface area contributed by atoms with Crippen LogP contribution in [-0.4, -0.2) is 49.1 Å². The van der Waals surface area contributed by atoms with Crippen molar-refractivity contribution in [3.05, 3.63) is 0 Å². The molecule has 0 spiro atoms. The van der Waals surface area contributed by atoms with E-state index in [2.05, 4.69) is 48.2 Å². The van der Waals surface area contributed by atoms with Crippen molar-refractivity contribution in [1.29, 1.82) is 0 Å². The van der Waals surface area contributed by atoms with Crippen LogP contribution < -0.4 is 10.6 Å². The summed E-state index contributed by atoms with van der Waals surface area (Å²) >= 11 is 0. The van der Waals surface area contributed by atoms with Crippen LogP contribution in [-0.2, 0) is 0 Å². The quantitative estimate of drug-likeness (QED) is 0.401. The minimum atomic E-state index is 0. The lowest BCUT2D eigenvalue weighted by molar-refractivity contribution is 0.178. The molecule has 0 bridgehead atoms. The monoisotopic (exact) mass is 410 g/mol. The second-order valence-corrected chi connectivity index (χ2v) is 6.40. The van der Waals surface area contributed by atoms with E-state index in [4.69, 9.17) is 0 Å². The molecule has 126 valence electrons. The predicted molar refractivity (Wildman–Crippen MR) is 104 cm³/mol. The third kappa shape index (κ3) is 8.24. The van der Waals surface area contributed by atoms with E-state index in [-0.39, 0.29) is 24.0 Å². The molecule has 0 radical (unpaired) electrons. The number of aliphatic imine (C=N–C) groups is 1. The molecule has 0 aromatic carbocycles. The van der Waals surface area contributed by atoms with Crippen LogP contribution in [0.2, 0.25) is 0 Å². The molecule has 0 atom stereocenters. The second kappa shape index (κ2) is 11.5. The van der Waals surface area contributed by atoms with Gasteiger partial charge in [0.1, 0.15) is 0 Å². The Morgan fingerprint density at radius 2 is 1.67 bits per heavy atom. The van der Waals surface area contributed by atoms with E-state index in [9.17, 15) is 0 Å². The molecule has 0 unspecified atom stereocenters. The summed E-state index contributed by atoms with van der Waals surface area (Å²) < 4.78 is 0. The van der Waals surface area contributed by atoms with Gasteiger partial charge in [0, 0.05) is 38.3 Å². The number of nitrogens with one attached hydrogen (secondary N) is 2. The molecule has 1 rings (SSSR count). The number of hydrogen-bond donors (Lipinski definition) is 2. The van der Waals surface area contributed by atoms with Gasteiger partial charge in [0.15, 0.2) is 5.96 Å². The average Bonchev–Trinajstić information content (AvgIpc) is 2.42. The first-order valence-corrected chi connectivity index (χ1v) is 8.27. The molecule has 0 aromatic heterocycles. The lowest BCUT2D eigenvalue weighted by atomic mass is 9.96. The van der Waals surface area contributed by atoms with E-state index in [0.29, 0.717) is 18.1 Å². The fourth-order valence-corrected chi connectivity index (χ4v) is 3.05. The van der Waals surface area contributed by atoms with Gasteiger partial charge < -0.3 is 10.6 Å². The molecule has 1 saturated carbocycles. The first-order chi connectivity index (χ1) is 9.54. The van der Waals surface area contributed by atoms with Gasteiger partial charge in [-0.2, -0.15) is 0 Å². The molecule has 0 saturated heterocycles. The highest BCUT2D eigenvalue weighted by molar-refractivity contribution is 14.0. The van der Waals surface area contributed by atoms with E-state index in [1.165, 1.54) is 32.1 Å². The summed E-state index contributed by atoms with van der Waals surface area (Å²) in [4.78, 5) is 6.85. The van der Waals surface area contributed by atoms with Gasteiger partial charge >= 0.3 is 0 Å². The van der Waals surface area contributed by atoms with Crippen molar-refractivity contribution in [2.45, 2.75) is 77.9 Å². The molecule has 1 fully saturated rings. The van der Waals surface area contributed by atoms with Crippen LogP contribution in [0.15, 0.2) is 4.99 Å². The topological polar surface area (TPSA) is 39.7 Å². The zero-order valence-electron chi connectivity index (χ0n) is 14.5. The number of guanidine groups is 1. The van der Waals surface area contributed by atoms with E-state index in [1.54, 1.807) is 0 Å². The Morgan fingerprint density at radius 1 is 1.10 bits per heavy atom. The Labute approximate surface area is 148 Å². The molecule has 0 heterocycles. The summed E-state index contributed by atoms with van der Waals surface area (Å²) in [5.41, 5.74) is 0. The number of nitrogens with zero attached hydrogens (tertiary/aromatic N) is 2. The minimum absolute atomic E-state index is 0. The van der Waals surface area contributed by atoms with Crippen molar-refractivity contribution in [3.8, 4) is 0 Å². The average molecular weight is 410 g/mol. The SMILES string of the molecule is CN=C(NCCN(C(C)C)C(C)C)NC1CCCCC1.I. The standard InChI is InChI=1S/C16H34N4.HI/c1-13(2)20(14(3)4)12-11-18-16(17-5)19-15-9-7-6-8-10-15;/h13-15H,6-12H2,1-5H3,(H2,17,18,19);1H. The van der Waals surface area contributed by atoms with Crippen LogP contribution in [0.5, 0.6) is 0 Å². The van der Waals surface area contributed by atoms with Crippen LogP contribution in [0.3, 0.4) is 0 Å². The molecular formula is C16H35IN4. The molecule has 5 heteroatoms. The molecule has 0 aromatic rings. The Morgan fingerprint density at radius 3 is 2.14 bits per heavy atom. The minimum Gasteiger partial charge on any atom is -0.355 e. The predicted octanol–water partition coefficient (Wildman–Crippen LogP) is 3.22. The van der Waals surface area contributed by atoms with Gasteiger partial charge in [0.05, 0.1) is 0 Å². The first kappa shape index (κ1) is 21.0. The maximum atomic E-state index is 4.34. The Hall–Kier alpha value is -0.0400. The molecule has 1 aliphatic rings. The summed E-state index contributed by atoms with van der Waals surface area (Å²) in [5.74, 6) is 0.962. The second-order valence-electron chi connectivity index (χ2n) is 6.40. The number of hydrogen-bond acceptors (Lipinski definition) is 2. The van der Waals surface area contributed by atoms with Crippen molar-refractivity contribution in [1.82, 2.24) is 15.5 Å². The lowest BCUT2D eigenvalue weighted by Gasteiger charge is -2.31. The summed E-state index contributed by atoms with van der Waals surface area (Å²) in [6.07, 6.45) is 6.66. The van der Waals surface area contributed by atoms with Gasteiger partial charge in [-0.1, -0.05) is 19.3 Å². The van der Waals surface area contributed by atoms with Crippen molar-refractivity contribution in [3.63, 3.8) is 0 Å². The van der Waals surface area contributed by atoms with Crippen molar-refractivity contribution in [2.75, 3.05) is 20.1 Å². The molecule has 0 aliphatic heterocycles. The lowest BCUT2D eigenvalue weighted by Crippen LogP contribution is -2.48. The largest absolute Gasteiger partial charge is 0.355 e. The number of halogens is 1. The molecule has 2 N–H and O–H groups in total. The summed E-state index contributed by atoms with van der Waals surface area (Å²) in [6.45, 7) is 11.0. The van der Waals surface area contributed by atoms with Gasteiger partial charge in [-0.05, 0) is 40.5 Å². The fraction of sp³-hybridized carbons (Fsp3) is 0.938. The van der Waals surface area contributed by atoms with Gasteiger partial charge in [0.2, 0.25) is 0 Å². The summed E-state index contributed by atoms with van der Waals surface area (Å²) in [6, 6.07) is 1.79. The van der Waals surface area contributed by atoms with E-state index in [1.807, 2.05) is 7.05 Å². The third-order valence-electron chi connectivity index (χ3n) is 4.16. The Balaban J connectivity index is 0.00000400. The maximum absolute atomic E-state index is 4.34. The maximum Gasteiger partial charge on any atom is 0.191 e. The third-order valence-corrected chi connectivity index (χ3v) is 4.16. The first-order valence-electron chi connectivity index (χ1n) is 8.27. The van der Waals surface area contributed by atoms with E-state index >= 15 is 0 Å². The zero-order valence-corrected chi connectivity index (χ0v) is 16.8. The van der Waals surface area contributed by atoms with Crippen LogP contribution >= 0.6 is 24.0 Å². The van der Waals surface area contributed by atoms with Crippen LogP contribution in [0.1, 0.15) is 59.8 Å². The molecular weight excluding hydrogens is 375 g/mol. The molecule has 0 amide bonds. The van der Waals surface area contributed by atoms with Crippen molar-refractivity contribution in [2.24, 2.45) is 4.99 Å². The Kier molecular flexibility index (Phi) is 11.5. The number of rotatable bonds is 6. The Bertz CT molecular complexity index is 278.